The van der Waals surface area contributed by atoms with Gasteiger partial charge in [-0.25, -0.2) is 4.98 Å². The van der Waals surface area contributed by atoms with Crippen molar-refractivity contribution < 1.29 is 22.5 Å². The molecule has 0 aliphatic carbocycles. The highest BCUT2D eigenvalue weighted by Gasteiger charge is 2.30. The van der Waals surface area contributed by atoms with Crippen LogP contribution >= 0.6 is 0 Å². The molecule has 24 heavy (non-hydrogen) atoms. The number of hydrogen-bond donors (Lipinski definition) is 0. The molecule has 0 radical (unpaired) electrons. The number of non-ortho nitro benzene ring substituents is 1. The number of oxazole rings is 1. The lowest BCUT2D eigenvalue weighted by Gasteiger charge is -2.06. The van der Waals surface area contributed by atoms with E-state index in [0.717, 1.165) is 12.1 Å². The zero-order chi connectivity index (χ0) is 17.3. The topological polar surface area (TPSA) is 69.2 Å². The Labute approximate surface area is 133 Å². The highest BCUT2D eigenvalue weighted by Crippen LogP contribution is 2.30. The largest absolute Gasteiger partial charge is 0.437 e. The summed E-state index contributed by atoms with van der Waals surface area (Å²) in [6.07, 6.45) is -1.59. The molecule has 0 atom stereocenters. The molecule has 2 aromatic carbocycles. The van der Waals surface area contributed by atoms with Crippen LogP contribution < -0.4 is 0 Å². The van der Waals surface area contributed by atoms with Crippen LogP contribution in [0.4, 0.5) is 18.9 Å². The molecule has 0 aliphatic rings. The average molecular weight is 334 g/mol. The van der Waals surface area contributed by atoms with Crippen molar-refractivity contribution >= 4 is 28.9 Å². The number of nitrogens with zero attached hydrogens (tertiary/aromatic N) is 2. The van der Waals surface area contributed by atoms with Crippen LogP contribution in [-0.2, 0) is 6.18 Å². The van der Waals surface area contributed by atoms with Gasteiger partial charge in [0.05, 0.1) is 10.5 Å². The molecule has 5 nitrogen and oxygen atoms in total. The van der Waals surface area contributed by atoms with Crippen molar-refractivity contribution in [2.24, 2.45) is 0 Å². The van der Waals surface area contributed by atoms with Gasteiger partial charge < -0.3 is 4.42 Å². The number of hydrogen-bond acceptors (Lipinski definition) is 4. The van der Waals surface area contributed by atoms with Crippen LogP contribution in [0, 0.1) is 10.1 Å². The van der Waals surface area contributed by atoms with Gasteiger partial charge in [-0.05, 0) is 29.8 Å². The standard InChI is InChI=1S/C16H9F3N2O3/c17-16(18,19)11-3-1-2-10(8-11)4-7-15-20-13-9-12(21(22)23)5-6-14(13)24-15/h1-9H/b7-4+. The summed E-state index contributed by atoms with van der Waals surface area (Å²) >= 11 is 0. The predicted molar refractivity (Wildman–Crippen MR) is 81.0 cm³/mol. The van der Waals surface area contributed by atoms with Gasteiger partial charge in [0.15, 0.2) is 5.58 Å². The first-order valence-corrected chi connectivity index (χ1v) is 6.73. The van der Waals surface area contributed by atoms with Gasteiger partial charge in [-0.3, -0.25) is 10.1 Å². The fourth-order valence-electron chi connectivity index (χ4n) is 2.10. The third kappa shape index (κ3) is 3.27. The van der Waals surface area contributed by atoms with E-state index in [1.807, 2.05) is 0 Å². The minimum Gasteiger partial charge on any atom is -0.437 e. The van der Waals surface area contributed by atoms with E-state index >= 15 is 0 Å². The minimum absolute atomic E-state index is 0.121. The Bertz CT molecular complexity index is 945. The molecule has 0 saturated carbocycles. The summed E-state index contributed by atoms with van der Waals surface area (Å²) in [5, 5.41) is 10.7. The molecule has 3 rings (SSSR count). The number of benzene rings is 2. The highest BCUT2D eigenvalue weighted by atomic mass is 19.4. The number of fused-ring (bicyclic) bond motifs is 1. The number of nitro benzene ring substituents is 1. The number of halogens is 3. The maximum Gasteiger partial charge on any atom is 0.416 e. The van der Waals surface area contributed by atoms with Crippen LogP contribution in [0.25, 0.3) is 23.3 Å². The van der Waals surface area contributed by atoms with Crippen LogP contribution in [0.2, 0.25) is 0 Å². The van der Waals surface area contributed by atoms with Crippen molar-refractivity contribution in [3.8, 4) is 0 Å². The lowest BCUT2D eigenvalue weighted by Crippen LogP contribution is -2.04. The van der Waals surface area contributed by atoms with Gasteiger partial charge in [0.25, 0.3) is 5.69 Å². The van der Waals surface area contributed by atoms with Crippen LogP contribution in [0.5, 0.6) is 0 Å². The molecule has 0 N–H and O–H groups in total. The van der Waals surface area contributed by atoms with Crippen molar-refractivity contribution in [3.63, 3.8) is 0 Å². The molecular formula is C16H9F3N2O3. The first-order chi connectivity index (χ1) is 11.3. The van der Waals surface area contributed by atoms with E-state index in [1.165, 1.54) is 42.5 Å². The van der Waals surface area contributed by atoms with E-state index in [9.17, 15) is 23.3 Å². The molecule has 0 spiro atoms. The molecule has 0 unspecified atom stereocenters. The molecular weight excluding hydrogens is 325 g/mol. The third-order valence-corrected chi connectivity index (χ3v) is 3.23. The number of alkyl halides is 3. The maximum atomic E-state index is 12.7. The van der Waals surface area contributed by atoms with Crippen LogP contribution in [-0.4, -0.2) is 9.91 Å². The Balaban J connectivity index is 1.89. The summed E-state index contributed by atoms with van der Waals surface area (Å²) in [6.45, 7) is 0. The molecule has 0 amide bonds. The summed E-state index contributed by atoms with van der Waals surface area (Å²) in [7, 11) is 0. The van der Waals surface area contributed by atoms with Gasteiger partial charge in [-0.2, -0.15) is 13.2 Å². The van der Waals surface area contributed by atoms with Crippen LogP contribution in [0.1, 0.15) is 17.0 Å². The Kier molecular flexibility index (Phi) is 3.80. The van der Waals surface area contributed by atoms with E-state index in [1.54, 1.807) is 0 Å². The summed E-state index contributed by atoms with van der Waals surface area (Å²) in [4.78, 5) is 14.2. The van der Waals surface area contributed by atoms with E-state index in [0.29, 0.717) is 16.7 Å². The first-order valence-electron chi connectivity index (χ1n) is 6.73. The van der Waals surface area contributed by atoms with Crippen molar-refractivity contribution in [1.29, 1.82) is 0 Å². The monoisotopic (exact) mass is 334 g/mol. The first kappa shape index (κ1) is 15.7. The molecule has 1 heterocycles. The van der Waals surface area contributed by atoms with E-state index in [4.69, 9.17) is 4.42 Å². The van der Waals surface area contributed by atoms with Gasteiger partial charge in [0, 0.05) is 18.2 Å². The quantitative estimate of drug-likeness (QED) is 0.503. The third-order valence-electron chi connectivity index (χ3n) is 3.23. The lowest BCUT2D eigenvalue weighted by molar-refractivity contribution is -0.384. The van der Waals surface area contributed by atoms with Gasteiger partial charge in [0.2, 0.25) is 5.89 Å². The van der Waals surface area contributed by atoms with Gasteiger partial charge in [0.1, 0.15) is 5.52 Å². The molecule has 8 heteroatoms. The molecule has 3 aromatic rings. The minimum atomic E-state index is -4.42. The second-order valence-electron chi connectivity index (χ2n) is 4.92. The maximum absolute atomic E-state index is 12.7. The molecule has 0 bridgehead atoms. The Morgan fingerprint density at radius 1 is 1.12 bits per heavy atom. The fraction of sp³-hybridized carbons (Fsp3) is 0.0625. The molecule has 0 aliphatic heterocycles. The lowest BCUT2D eigenvalue weighted by atomic mass is 10.1. The molecule has 1 aromatic heterocycles. The summed E-state index contributed by atoms with van der Waals surface area (Å²) in [6, 6.07) is 8.77. The van der Waals surface area contributed by atoms with E-state index in [2.05, 4.69) is 4.98 Å². The zero-order valence-corrected chi connectivity index (χ0v) is 11.9. The second-order valence-corrected chi connectivity index (χ2v) is 4.92. The van der Waals surface area contributed by atoms with Crippen molar-refractivity contribution in [1.82, 2.24) is 4.98 Å². The SMILES string of the molecule is O=[N+]([O-])c1ccc2oc(/C=C/c3cccc(C(F)(F)F)c3)nc2c1. The molecule has 122 valence electrons. The Morgan fingerprint density at radius 2 is 1.92 bits per heavy atom. The normalized spacial score (nSPS) is 12.1. The van der Waals surface area contributed by atoms with E-state index < -0.39 is 16.7 Å². The second kappa shape index (κ2) is 5.80. The van der Waals surface area contributed by atoms with Gasteiger partial charge in [-0.15, -0.1) is 0 Å². The van der Waals surface area contributed by atoms with Crippen molar-refractivity contribution in [2.75, 3.05) is 0 Å². The van der Waals surface area contributed by atoms with E-state index in [-0.39, 0.29) is 11.6 Å². The fourth-order valence-corrected chi connectivity index (χ4v) is 2.10. The van der Waals surface area contributed by atoms with Gasteiger partial charge in [-0.1, -0.05) is 12.1 Å². The summed E-state index contributed by atoms with van der Waals surface area (Å²) < 4.78 is 43.4. The Hall–Kier alpha value is -3.16. The van der Waals surface area contributed by atoms with Crippen LogP contribution in [0.3, 0.4) is 0 Å². The average Bonchev–Trinajstić information content (AvgIpc) is 2.94. The van der Waals surface area contributed by atoms with Gasteiger partial charge >= 0.3 is 6.18 Å². The summed E-state index contributed by atoms with van der Waals surface area (Å²) in [5.41, 5.74) is 0.109. The predicted octanol–water partition coefficient (Wildman–Crippen LogP) is 4.93. The summed E-state index contributed by atoms with van der Waals surface area (Å²) in [5.74, 6) is 0.142. The van der Waals surface area contributed by atoms with Crippen molar-refractivity contribution in [3.05, 3.63) is 69.6 Å². The van der Waals surface area contributed by atoms with Crippen molar-refractivity contribution in [2.45, 2.75) is 6.18 Å². The molecule has 0 saturated heterocycles. The van der Waals surface area contributed by atoms with Crippen LogP contribution in [0.15, 0.2) is 46.9 Å². The highest BCUT2D eigenvalue weighted by molar-refractivity contribution is 5.78. The smallest absolute Gasteiger partial charge is 0.416 e. The number of aromatic nitrogens is 1. The number of nitro groups is 1. The number of rotatable bonds is 3. The Morgan fingerprint density at radius 3 is 2.62 bits per heavy atom. The zero-order valence-electron chi connectivity index (χ0n) is 11.9. The molecule has 0 fully saturated rings.